The van der Waals surface area contributed by atoms with Crippen LogP contribution >= 0.6 is 11.3 Å². The average molecular weight is 404 g/mol. The van der Waals surface area contributed by atoms with Crippen LogP contribution in [0.1, 0.15) is 28.3 Å². The molecule has 142 valence electrons. The summed E-state index contributed by atoms with van der Waals surface area (Å²) in [7, 11) is -2.05. The topological polar surface area (TPSA) is 86.0 Å². The van der Waals surface area contributed by atoms with Gasteiger partial charge in [0, 0.05) is 22.1 Å². The van der Waals surface area contributed by atoms with Gasteiger partial charge in [-0.25, -0.2) is 13.6 Å². The first-order valence-corrected chi connectivity index (χ1v) is 10.9. The Morgan fingerprint density at radius 1 is 1.11 bits per heavy atom. The Morgan fingerprint density at radius 2 is 1.85 bits per heavy atom. The molecule has 3 aromatic rings. The molecule has 0 saturated carbocycles. The van der Waals surface area contributed by atoms with E-state index in [1.54, 1.807) is 13.2 Å². The van der Waals surface area contributed by atoms with Crippen LogP contribution in [0, 0.1) is 6.92 Å². The Bertz CT molecular complexity index is 1010. The van der Waals surface area contributed by atoms with Crippen molar-refractivity contribution in [1.29, 1.82) is 0 Å². The number of hydrogen-bond acceptors (Lipinski definition) is 4. The summed E-state index contributed by atoms with van der Waals surface area (Å²) in [5.41, 5.74) is 4.25. The largest absolute Gasteiger partial charge is 0.496 e. The number of aryl methyl sites for hydroxylation is 1. The highest BCUT2D eigenvalue weighted by molar-refractivity contribution is 7.91. The summed E-state index contributed by atoms with van der Waals surface area (Å²) in [6.07, 6.45) is 0. The lowest BCUT2D eigenvalue weighted by atomic mass is 9.98. The first-order valence-electron chi connectivity index (χ1n) is 8.51. The SMILES string of the molecule is COc1ccc(C([NH2+]Cc2ccccc2)c2csc(S(N)(=O)=O)c2)cc1C. The van der Waals surface area contributed by atoms with E-state index in [-0.39, 0.29) is 10.3 Å². The van der Waals surface area contributed by atoms with Crippen LogP contribution in [0.3, 0.4) is 0 Å². The van der Waals surface area contributed by atoms with Crippen LogP contribution in [-0.4, -0.2) is 15.5 Å². The number of primary sulfonamides is 1. The number of quaternary nitrogens is 1. The standard InChI is InChI=1S/C20H22N2O3S2/c1-14-10-16(8-9-18(14)25-2)20(22-12-15-6-4-3-5-7-15)17-11-19(26-13-17)27(21,23)24/h3-11,13,20,22H,12H2,1-2H3,(H2,21,23,24)/p+1. The third kappa shape index (κ3) is 4.75. The quantitative estimate of drug-likeness (QED) is 0.636. The Labute approximate surface area is 163 Å². The number of rotatable bonds is 7. The van der Waals surface area contributed by atoms with Gasteiger partial charge in [0.2, 0.25) is 10.0 Å². The normalized spacial score (nSPS) is 12.7. The molecule has 7 heteroatoms. The maximum absolute atomic E-state index is 11.7. The Morgan fingerprint density at radius 3 is 2.44 bits per heavy atom. The van der Waals surface area contributed by atoms with Crippen LogP contribution in [0.25, 0.3) is 0 Å². The number of nitrogens with two attached hydrogens (primary N) is 2. The first kappa shape index (κ1) is 19.6. The number of thiophene rings is 1. The minimum absolute atomic E-state index is 0.0402. The lowest BCUT2D eigenvalue weighted by Gasteiger charge is -2.17. The third-order valence-electron chi connectivity index (χ3n) is 4.45. The summed E-state index contributed by atoms with van der Waals surface area (Å²) in [6.45, 7) is 2.77. The van der Waals surface area contributed by atoms with Crippen LogP contribution in [0.2, 0.25) is 0 Å². The predicted molar refractivity (Wildman–Crippen MR) is 107 cm³/mol. The van der Waals surface area contributed by atoms with Crippen LogP contribution in [0.15, 0.2) is 64.2 Å². The van der Waals surface area contributed by atoms with E-state index in [1.807, 2.05) is 42.6 Å². The molecule has 5 nitrogen and oxygen atoms in total. The molecule has 0 bridgehead atoms. The van der Waals surface area contributed by atoms with Crippen molar-refractivity contribution in [2.45, 2.75) is 23.7 Å². The highest BCUT2D eigenvalue weighted by atomic mass is 32.2. The monoisotopic (exact) mass is 403 g/mol. The van der Waals surface area contributed by atoms with Crippen molar-refractivity contribution in [3.63, 3.8) is 0 Å². The summed E-state index contributed by atoms with van der Waals surface area (Å²) in [6, 6.07) is 17.9. The third-order valence-corrected chi connectivity index (χ3v) is 6.85. The van der Waals surface area contributed by atoms with Gasteiger partial charge in [-0.1, -0.05) is 30.3 Å². The molecule has 3 rings (SSSR count). The van der Waals surface area contributed by atoms with Crippen molar-refractivity contribution in [3.05, 3.63) is 82.2 Å². The van der Waals surface area contributed by atoms with Crippen molar-refractivity contribution in [2.24, 2.45) is 5.14 Å². The molecule has 1 aromatic heterocycles. The summed E-state index contributed by atoms with van der Waals surface area (Å²) >= 11 is 1.16. The number of ether oxygens (including phenoxy) is 1. The van der Waals surface area contributed by atoms with Crippen molar-refractivity contribution in [2.75, 3.05) is 7.11 Å². The van der Waals surface area contributed by atoms with E-state index in [0.29, 0.717) is 0 Å². The molecule has 1 heterocycles. The van der Waals surface area contributed by atoms with Gasteiger partial charge in [-0.15, -0.1) is 11.3 Å². The molecular formula is C20H23N2O3S2+. The van der Waals surface area contributed by atoms with Crippen molar-refractivity contribution < 1.29 is 18.5 Å². The molecule has 0 saturated heterocycles. The molecule has 0 radical (unpaired) electrons. The lowest BCUT2D eigenvalue weighted by molar-refractivity contribution is -0.702. The second-order valence-electron chi connectivity index (χ2n) is 6.38. The molecule has 0 aliphatic carbocycles. The molecule has 0 aliphatic rings. The molecule has 2 aromatic carbocycles. The van der Waals surface area contributed by atoms with E-state index in [2.05, 4.69) is 23.5 Å². The van der Waals surface area contributed by atoms with Gasteiger partial charge in [-0.05, 0) is 36.8 Å². The second-order valence-corrected chi connectivity index (χ2v) is 9.08. The van der Waals surface area contributed by atoms with Crippen LogP contribution in [-0.2, 0) is 16.6 Å². The maximum Gasteiger partial charge on any atom is 0.247 e. The average Bonchev–Trinajstić information content (AvgIpc) is 3.13. The molecule has 1 unspecified atom stereocenters. The van der Waals surface area contributed by atoms with E-state index < -0.39 is 10.0 Å². The van der Waals surface area contributed by atoms with Crippen molar-refractivity contribution in [1.82, 2.24) is 0 Å². The Kier molecular flexibility index (Phi) is 5.96. The van der Waals surface area contributed by atoms with Crippen LogP contribution in [0.4, 0.5) is 0 Å². The predicted octanol–water partition coefficient (Wildman–Crippen LogP) is 2.57. The van der Waals surface area contributed by atoms with Gasteiger partial charge in [0.1, 0.15) is 22.5 Å². The zero-order chi connectivity index (χ0) is 19.4. The first-order chi connectivity index (χ1) is 12.9. The number of methoxy groups -OCH3 is 1. The van der Waals surface area contributed by atoms with Crippen LogP contribution in [0.5, 0.6) is 5.75 Å². The summed E-state index contributed by atoms with van der Waals surface area (Å²) in [4.78, 5) is 0. The smallest absolute Gasteiger partial charge is 0.247 e. The van der Waals surface area contributed by atoms with Crippen LogP contribution < -0.4 is 15.2 Å². The second kappa shape index (κ2) is 8.22. The molecule has 0 fully saturated rings. The van der Waals surface area contributed by atoms with Gasteiger partial charge >= 0.3 is 0 Å². The Hall–Kier alpha value is -2.19. The molecular weight excluding hydrogens is 380 g/mol. The highest BCUT2D eigenvalue weighted by Gasteiger charge is 2.22. The van der Waals surface area contributed by atoms with Gasteiger partial charge in [0.05, 0.1) is 7.11 Å². The van der Waals surface area contributed by atoms with E-state index in [9.17, 15) is 8.42 Å². The van der Waals surface area contributed by atoms with Gasteiger partial charge in [0.15, 0.2) is 0 Å². The maximum atomic E-state index is 11.7. The summed E-state index contributed by atoms with van der Waals surface area (Å²) < 4.78 is 28.9. The number of benzene rings is 2. The Balaban J connectivity index is 1.95. The van der Waals surface area contributed by atoms with Crippen molar-refractivity contribution in [3.8, 4) is 5.75 Å². The lowest BCUT2D eigenvalue weighted by Crippen LogP contribution is -2.83. The van der Waals surface area contributed by atoms with Gasteiger partial charge in [0.25, 0.3) is 0 Å². The van der Waals surface area contributed by atoms with E-state index >= 15 is 0 Å². The van der Waals surface area contributed by atoms with E-state index in [1.165, 1.54) is 5.56 Å². The fourth-order valence-electron chi connectivity index (χ4n) is 3.07. The zero-order valence-corrected chi connectivity index (χ0v) is 16.9. The molecule has 0 aliphatic heterocycles. The summed E-state index contributed by atoms with van der Waals surface area (Å²) in [5, 5.41) is 9.36. The minimum Gasteiger partial charge on any atom is -0.496 e. The van der Waals surface area contributed by atoms with E-state index in [0.717, 1.165) is 40.3 Å². The molecule has 4 N–H and O–H groups in total. The minimum atomic E-state index is -3.70. The molecule has 1 atom stereocenters. The number of hydrogen-bond donors (Lipinski definition) is 2. The van der Waals surface area contributed by atoms with Gasteiger partial charge in [-0.2, -0.15) is 0 Å². The zero-order valence-electron chi connectivity index (χ0n) is 15.3. The summed E-state index contributed by atoms with van der Waals surface area (Å²) in [5.74, 6) is 0.830. The van der Waals surface area contributed by atoms with Crippen molar-refractivity contribution >= 4 is 21.4 Å². The number of sulfonamides is 1. The van der Waals surface area contributed by atoms with E-state index in [4.69, 9.17) is 9.88 Å². The van der Waals surface area contributed by atoms with Gasteiger partial charge < -0.3 is 10.1 Å². The fourth-order valence-corrected chi connectivity index (χ4v) is 4.72. The molecule has 0 spiro atoms. The molecule has 0 amide bonds. The molecule has 27 heavy (non-hydrogen) atoms. The fraction of sp³-hybridized carbons (Fsp3) is 0.200. The highest BCUT2D eigenvalue weighted by Crippen LogP contribution is 2.29. The van der Waals surface area contributed by atoms with Gasteiger partial charge in [-0.3, -0.25) is 0 Å².